The minimum atomic E-state index is -0.355. The number of anilines is 1. The molecule has 1 aromatic heterocycles. The molecule has 0 fully saturated rings. The maximum Gasteiger partial charge on any atom is 0.205 e. The van der Waals surface area contributed by atoms with E-state index in [1.54, 1.807) is 25.1 Å². The van der Waals surface area contributed by atoms with Crippen molar-refractivity contribution in [2.45, 2.75) is 6.92 Å². The third-order valence-electron chi connectivity index (χ3n) is 3.14. The lowest BCUT2D eigenvalue weighted by Gasteiger charge is -2.08. The van der Waals surface area contributed by atoms with Crippen LogP contribution in [0.1, 0.15) is 5.56 Å². The third kappa shape index (κ3) is 2.04. The molecule has 0 amide bonds. The predicted octanol–water partition coefficient (Wildman–Crippen LogP) is 3.80. The Morgan fingerprint density at radius 1 is 1.15 bits per heavy atom. The van der Waals surface area contributed by atoms with Crippen LogP contribution in [-0.4, -0.2) is 9.55 Å². The normalized spacial score (nSPS) is 11.2. The average molecular weight is 385 g/mol. The zero-order chi connectivity index (χ0) is 14.4. The Bertz CT molecular complexity index is 827. The Hall–Kier alpha value is -1.70. The van der Waals surface area contributed by atoms with Gasteiger partial charge in [-0.25, -0.2) is 13.8 Å². The Kier molecular flexibility index (Phi) is 3.12. The van der Waals surface area contributed by atoms with Gasteiger partial charge in [-0.15, -0.1) is 0 Å². The summed E-state index contributed by atoms with van der Waals surface area (Å²) >= 11 is 1.89. The van der Waals surface area contributed by atoms with Crippen molar-refractivity contribution in [1.29, 1.82) is 0 Å². The van der Waals surface area contributed by atoms with Crippen molar-refractivity contribution in [3.05, 3.63) is 51.1 Å². The average Bonchev–Trinajstić information content (AvgIpc) is 2.69. The maximum atomic E-state index is 13.7. The highest BCUT2D eigenvalue weighted by molar-refractivity contribution is 14.1. The van der Waals surface area contributed by atoms with Crippen LogP contribution in [0.25, 0.3) is 16.7 Å². The van der Waals surface area contributed by atoms with E-state index in [-0.39, 0.29) is 17.6 Å². The molecule has 102 valence electrons. The Morgan fingerprint density at radius 2 is 1.90 bits per heavy atom. The number of nitrogens with two attached hydrogens (primary N) is 1. The molecule has 1 heterocycles. The molecule has 0 aliphatic heterocycles. The van der Waals surface area contributed by atoms with Crippen LogP contribution >= 0.6 is 22.6 Å². The number of aryl methyl sites for hydroxylation is 1. The molecule has 2 N–H and O–H groups in total. The van der Waals surface area contributed by atoms with Crippen LogP contribution in [0.3, 0.4) is 0 Å². The minimum absolute atomic E-state index is 0.199. The summed E-state index contributed by atoms with van der Waals surface area (Å²) < 4.78 is 29.4. The van der Waals surface area contributed by atoms with Gasteiger partial charge in [-0.3, -0.25) is 4.57 Å². The van der Waals surface area contributed by atoms with E-state index in [9.17, 15) is 8.78 Å². The lowest BCUT2D eigenvalue weighted by molar-refractivity contribution is 0.617. The van der Waals surface area contributed by atoms with Gasteiger partial charge in [0.25, 0.3) is 0 Å². The summed E-state index contributed by atoms with van der Waals surface area (Å²) in [5.74, 6) is -0.494. The molecule has 3 aromatic rings. The van der Waals surface area contributed by atoms with Crippen LogP contribution in [0.4, 0.5) is 14.7 Å². The number of benzene rings is 2. The van der Waals surface area contributed by atoms with Gasteiger partial charge in [0.15, 0.2) is 0 Å². The zero-order valence-corrected chi connectivity index (χ0v) is 12.6. The maximum absolute atomic E-state index is 13.7. The molecule has 0 unspecified atom stereocenters. The molecule has 6 heteroatoms. The van der Waals surface area contributed by atoms with E-state index in [2.05, 4.69) is 4.98 Å². The smallest absolute Gasteiger partial charge is 0.205 e. The van der Waals surface area contributed by atoms with E-state index in [1.165, 1.54) is 16.7 Å². The summed E-state index contributed by atoms with van der Waals surface area (Å²) in [6.07, 6.45) is 0. The highest BCUT2D eigenvalue weighted by Crippen LogP contribution is 2.27. The number of fused-ring (bicyclic) bond motifs is 1. The molecular formula is C14H10F2IN3. The number of nitrogen functional groups attached to an aromatic ring is 1. The van der Waals surface area contributed by atoms with Crippen LogP contribution in [0, 0.1) is 22.1 Å². The van der Waals surface area contributed by atoms with Crippen molar-refractivity contribution in [2.24, 2.45) is 0 Å². The lowest BCUT2D eigenvalue weighted by atomic mass is 10.2. The number of hydrogen-bond acceptors (Lipinski definition) is 2. The summed E-state index contributed by atoms with van der Waals surface area (Å²) in [6, 6.07) is 7.72. The molecule has 0 aliphatic rings. The van der Waals surface area contributed by atoms with E-state index in [4.69, 9.17) is 5.73 Å². The molecule has 2 aromatic carbocycles. The van der Waals surface area contributed by atoms with E-state index in [1.807, 2.05) is 22.6 Å². The molecule has 0 saturated heterocycles. The largest absolute Gasteiger partial charge is 0.369 e. The van der Waals surface area contributed by atoms with Gasteiger partial charge in [-0.2, -0.15) is 0 Å². The molecular weight excluding hydrogens is 375 g/mol. The number of hydrogen-bond donors (Lipinski definition) is 1. The number of nitrogens with zero attached hydrogens (tertiary/aromatic N) is 2. The summed E-state index contributed by atoms with van der Waals surface area (Å²) in [5.41, 5.74) is 8.03. The highest BCUT2D eigenvalue weighted by atomic mass is 127. The van der Waals surface area contributed by atoms with Crippen molar-refractivity contribution in [2.75, 3.05) is 5.73 Å². The van der Waals surface area contributed by atoms with Crippen LogP contribution in [-0.2, 0) is 0 Å². The van der Waals surface area contributed by atoms with Gasteiger partial charge in [0.2, 0.25) is 5.95 Å². The second-order valence-corrected chi connectivity index (χ2v) is 5.66. The second-order valence-electron chi connectivity index (χ2n) is 4.49. The fraction of sp³-hybridized carbons (Fsp3) is 0.0714. The van der Waals surface area contributed by atoms with Gasteiger partial charge in [0, 0.05) is 6.07 Å². The highest BCUT2D eigenvalue weighted by Gasteiger charge is 2.13. The van der Waals surface area contributed by atoms with Gasteiger partial charge in [0.1, 0.15) is 11.6 Å². The molecule has 0 aliphatic carbocycles. The summed E-state index contributed by atoms with van der Waals surface area (Å²) in [5, 5.41) is 0. The first kappa shape index (κ1) is 13.3. The van der Waals surface area contributed by atoms with Gasteiger partial charge in [-0.1, -0.05) is 6.07 Å². The van der Waals surface area contributed by atoms with Crippen LogP contribution in [0.5, 0.6) is 0 Å². The monoisotopic (exact) mass is 385 g/mol. The predicted molar refractivity (Wildman–Crippen MR) is 82.9 cm³/mol. The molecule has 20 heavy (non-hydrogen) atoms. The fourth-order valence-corrected chi connectivity index (χ4v) is 2.53. The second kappa shape index (κ2) is 4.69. The van der Waals surface area contributed by atoms with E-state index in [0.29, 0.717) is 25.9 Å². The quantitative estimate of drug-likeness (QED) is 0.648. The van der Waals surface area contributed by atoms with Gasteiger partial charge in [0.05, 0.1) is 20.3 Å². The minimum Gasteiger partial charge on any atom is -0.369 e. The van der Waals surface area contributed by atoms with Crippen LogP contribution in [0.2, 0.25) is 0 Å². The van der Waals surface area contributed by atoms with E-state index < -0.39 is 0 Å². The van der Waals surface area contributed by atoms with Crippen LogP contribution < -0.4 is 5.73 Å². The van der Waals surface area contributed by atoms with Crippen LogP contribution in [0.15, 0.2) is 30.3 Å². The van der Waals surface area contributed by atoms with Crippen molar-refractivity contribution >= 4 is 39.6 Å². The van der Waals surface area contributed by atoms with Crippen molar-refractivity contribution in [3.8, 4) is 5.69 Å². The first-order valence-electron chi connectivity index (χ1n) is 5.87. The Balaban J connectivity index is 2.32. The number of aromatic nitrogens is 2. The van der Waals surface area contributed by atoms with Crippen molar-refractivity contribution in [3.63, 3.8) is 0 Å². The number of imidazole rings is 1. The number of halogens is 3. The molecule has 0 saturated carbocycles. The standard InChI is InChI=1S/C14H10F2IN3/c1-7-2-3-8(4-9(7)15)20-13-5-10(16)11(17)6-12(13)19-14(20)18/h2-6H,1H3,(H2,18,19). The fourth-order valence-electron chi connectivity index (χ4n) is 2.08. The van der Waals surface area contributed by atoms with E-state index >= 15 is 0 Å². The summed E-state index contributed by atoms with van der Waals surface area (Å²) in [6.45, 7) is 1.68. The van der Waals surface area contributed by atoms with Crippen molar-refractivity contribution < 1.29 is 8.78 Å². The lowest BCUT2D eigenvalue weighted by Crippen LogP contribution is -2.01. The molecule has 3 rings (SSSR count). The summed E-state index contributed by atoms with van der Waals surface area (Å²) in [4.78, 5) is 4.19. The molecule has 0 bridgehead atoms. The van der Waals surface area contributed by atoms with Crippen molar-refractivity contribution in [1.82, 2.24) is 9.55 Å². The number of rotatable bonds is 1. The topological polar surface area (TPSA) is 43.8 Å². The molecule has 3 nitrogen and oxygen atoms in total. The van der Waals surface area contributed by atoms with E-state index in [0.717, 1.165) is 0 Å². The zero-order valence-electron chi connectivity index (χ0n) is 10.5. The molecule has 0 spiro atoms. The SMILES string of the molecule is Cc1ccc(-n2c(N)nc3cc(I)c(F)cc32)cc1F. The first-order chi connectivity index (χ1) is 9.47. The Morgan fingerprint density at radius 3 is 2.60 bits per heavy atom. The molecule has 0 radical (unpaired) electrons. The first-order valence-corrected chi connectivity index (χ1v) is 6.95. The summed E-state index contributed by atoms with van der Waals surface area (Å²) in [7, 11) is 0. The Labute approximate surface area is 127 Å². The van der Waals surface area contributed by atoms with Gasteiger partial charge < -0.3 is 5.73 Å². The van der Waals surface area contributed by atoms with Gasteiger partial charge in [-0.05, 0) is 53.3 Å². The third-order valence-corrected chi connectivity index (χ3v) is 3.96. The molecule has 0 atom stereocenters. The van der Waals surface area contributed by atoms with Gasteiger partial charge >= 0.3 is 0 Å².